The number of carbonyl (C=O) groups excluding carboxylic acids is 1. The highest BCUT2D eigenvalue weighted by Crippen LogP contribution is 2.38. The van der Waals surface area contributed by atoms with Crippen molar-refractivity contribution >= 4 is 5.78 Å². The fraction of sp³-hybridized carbons (Fsp3) is 0.138. The van der Waals surface area contributed by atoms with Gasteiger partial charge in [-0.05, 0) is 60.4 Å². The first-order valence-corrected chi connectivity index (χ1v) is 11.1. The standard InChI is InChI=1S/C29H26O5/c30-21-13-9-19(10-14-21)17-25(23-5-1-3-7-27(23)32)29(34)26(24-6-2-4-8-28(24)33)18-20-11-15-22(31)16-12-20/h1-16,25-26,30-33H,17-18H2. The fourth-order valence-corrected chi connectivity index (χ4v) is 4.27. The summed E-state index contributed by atoms with van der Waals surface area (Å²) >= 11 is 0. The third-order valence-electron chi connectivity index (χ3n) is 6.06. The number of rotatable bonds is 8. The molecule has 0 aliphatic heterocycles. The van der Waals surface area contributed by atoms with Gasteiger partial charge in [-0.3, -0.25) is 4.79 Å². The van der Waals surface area contributed by atoms with E-state index in [1.54, 1.807) is 97.1 Å². The summed E-state index contributed by atoms with van der Waals surface area (Å²) in [6, 6.07) is 26.8. The van der Waals surface area contributed by atoms with E-state index in [1.165, 1.54) is 0 Å². The Hall–Kier alpha value is -4.25. The molecule has 2 atom stereocenters. The Morgan fingerprint density at radius 1 is 0.529 bits per heavy atom. The second-order valence-corrected chi connectivity index (χ2v) is 8.37. The number of carbonyl (C=O) groups is 1. The van der Waals surface area contributed by atoms with E-state index in [2.05, 4.69) is 0 Å². The van der Waals surface area contributed by atoms with Crippen LogP contribution in [0.2, 0.25) is 0 Å². The summed E-state index contributed by atoms with van der Waals surface area (Å²) in [6.07, 6.45) is 0.632. The zero-order valence-corrected chi connectivity index (χ0v) is 18.5. The van der Waals surface area contributed by atoms with Gasteiger partial charge in [0.25, 0.3) is 0 Å². The topological polar surface area (TPSA) is 98.0 Å². The maximum Gasteiger partial charge on any atom is 0.148 e. The molecule has 2 unspecified atom stereocenters. The maximum absolute atomic E-state index is 14.2. The SMILES string of the molecule is O=C(C(Cc1ccc(O)cc1)c1ccccc1O)C(Cc1ccc(O)cc1)c1ccccc1O. The summed E-state index contributed by atoms with van der Waals surface area (Å²) < 4.78 is 0. The van der Waals surface area contributed by atoms with E-state index >= 15 is 0 Å². The zero-order valence-electron chi connectivity index (χ0n) is 18.5. The monoisotopic (exact) mass is 454 g/mol. The zero-order chi connectivity index (χ0) is 24.1. The van der Waals surface area contributed by atoms with Gasteiger partial charge < -0.3 is 20.4 Å². The highest BCUT2D eigenvalue weighted by atomic mass is 16.3. The van der Waals surface area contributed by atoms with Crippen LogP contribution in [0.4, 0.5) is 0 Å². The van der Waals surface area contributed by atoms with Crippen molar-refractivity contribution in [3.63, 3.8) is 0 Å². The summed E-state index contributed by atoms with van der Waals surface area (Å²) in [5, 5.41) is 40.5. The lowest BCUT2D eigenvalue weighted by Crippen LogP contribution is -2.24. The molecule has 0 bridgehead atoms. The molecule has 0 spiro atoms. The number of phenolic OH excluding ortho intramolecular Hbond substituents is 4. The van der Waals surface area contributed by atoms with Crippen LogP contribution in [-0.2, 0) is 17.6 Å². The van der Waals surface area contributed by atoms with Crippen LogP contribution >= 0.6 is 0 Å². The van der Waals surface area contributed by atoms with Crippen molar-refractivity contribution in [1.82, 2.24) is 0 Å². The second-order valence-electron chi connectivity index (χ2n) is 8.37. The normalized spacial score (nSPS) is 12.7. The van der Waals surface area contributed by atoms with Gasteiger partial charge in [-0.15, -0.1) is 0 Å². The second kappa shape index (κ2) is 10.1. The first kappa shape index (κ1) is 22.9. The van der Waals surface area contributed by atoms with E-state index in [9.17, 15) is 25.2 Å². The summed E-state index contributed by atoms with van der Waals surface area (Å²) in [5.41, 5.74) is 2.68. The third kappa shape index (κ3) is 5.21. The summed E-state index contributed by atoms with van der Waals surface area (Å²) in [4.78, 5) is 14.2. The third-order valence-corrected chi connectivity index (χ3v) is 6.06. The lowest BCUT2D eigenvalue weighted by Gasteiger charge is -2.25. The van der Waals surface area contributed by atoms with Crippen LogP contribution in [0.3, 0.4) is 0 Å². The van der Waals surface area contributed by atoms with Crippen molar-refractivity contribution in [1.29, 1.82) is 0 Å². The molecular formula is C29H26O5. The number of benzene rings is 4. The first-order valence-electron chi connectivity index (χ1n) is 11.1. The van der Waals surface area contributed by atoms with Crippen molar-refractivity contribution in [2.75, 3.05) is 0 Å². The summed E-state index contributed by atoms with van der Waals surface area (Å²) in [6.45, 7) is 0. The molecule has 4 N–H and O–H groups in total. The predicted molar refractivity (Wildman–Crippen MR) is 130 cm³/mol. The van der Waals surface area contributed by atoms with Gasteiger partial charge in [-0.25, -0.2) is 0 Å². The summed E-state index contributed by atoms with van der Waals surface area (Å²) in [7, 11) is 0. The van der Waals surface area contributed by atoms with Crippen molar-refractivity contribution in [3.05, 3.63) is 119 Å². The Balaban J connectivity index is 1.78. The van der Waals surface area contributed by atoms with Crippen LogP contribution in [0.15, 0.2) is 97.1 Å². The molecule has 0 radical (unpaired) electrons. The Labute approximate surface area is 198 Å². The van der Waals surface area contributed by atoms with Crippen molar-refractivity contribution in [3.8, 4) is 23.0 Å². The lowest BCUT2D eigenvalue weighted by molar-refractivity contribution is -0.122. The average molecular weight is 455 g/mol. The molecule has 34 heavy (non-hydrogen) atoms. The summed E-state index contributed by atoms with van der Waals surface area (Å²) in [5.74, 6) is -1.20. The van der Waals surface area contributed by atoms with Crippen LogP contribution in [0.1, 0.15) is 34.1 Å². The van der Waals surface area contributed by atoms with E-state index in [-0.39, 0.29) is 28.8 Å². The van der Waals surface area contributed by atoms with Crippen LogP contribution in [0.25, 0.3) is 0 Å². The lowest BCUT2D eigenvalue weighted by atomic mass is 9.77. The average Bonchev–Trinajstić information content (AvgIpc) is 2.84. The molecule has 0 saturated carbocycles. The maximum atomic E-state index is 14.2. The Kier molecular flexibility index (Phi) is 6.83. The van der Waals surface area contributed by atoms with Crippen LogP contribution in [-0.4, -0.2) is 26.2 Å². The van der Waals surface area contributed by atoms with Gasteiger partial charge in [-0.2, -0.15) is 0 Å². The minimum atomic E-state index is -0.688. The fourth-order valence-electron chi connectivity index (χ4n) is 4.27. The van der Waals surface area contributed by atoms with Gasteiger partial charge in [0.15, 0.2) is 0 Å². The van der Waals surface area contributed by atoms with Gasteiger partial charge in [0.05, 0.1) is 11.8 Å². The molecule has 4 aromatic rings. The molecular weight excluding hydrogens is 428 g/mol. The van der Waals surface area contributed by atoms with E-state index in [4.69, 9.17) is 0 Å². The van der Waals surface area contributed by atoms with Gasteiger partial charge in [0, 0.05) is 11.1 Å². The number of ketones is 1. The minimum absolute atomic E-state index is 0.0281. The molecule has 0 heterocycles. The molecule has 0 saturated heterocycles. The molecule has 4 rings (SSSR count). The number of hydrogen-bond acceptors (Lipinski definition) is 5. The van der Waals surface area contributed by atoms with Crippen molar-refractivity contribution < 1.29 is 25.2 Å². The smallest absolute Gasteiger partial charge is 0.148 e. The van der Waals surface area contributed by atoms with Crippen LogP contribution in [0, 0.1) is 0 Å². The largest absolute Gasteiger partial charge is 0.508 e. The molecule has 0 fully saturated rings. The number of hydrogen-bond donors (Lipinski definition) is 4. The van der Waals surface area contributed by atoms with Crippen LogP contribution < -0.4 is 0 Å². The molecule has 5 heteroatoms. The molecule has 0 aliphatic rings. The quantitative estimate of drug-likeness (QED) is 0.285. The first-order chi connectivity index (χ1) is 16.4. The number of para-hydroxylation sites is 2. The highest BCUT2D eigenvalue weighted by molar-refractivity contribution is 5.93. The van der Waals surface area contributed by atoms with E-state index < -0.39 is 11.8 Å². The van der Waals surface area contributed by atoms with E-state index in [1.807, 2.05) is 0 Å². The van der Waals surface area contributed by atoms with Gasteiger partial charge in [-0.1, -0.05) is 60.7 Å². The number of phenols is 4. The van der Waals surface area contributed by atoms with E-state index in [0.717, 1.165) is 11.1 Å². The molecule has 0 aromatic heterocycles. The number of Topliss-reactive ketones (excluding diaryl/α,β-unsaturated/α-hetero) is 1. The van der Waals surface area contributed by atoms with Crippen molar-refractivity contribution in [2.24, 2.45) is 0 Å². The van der Waals surface area contributed by atoms with Gasteiger partial charge in [0.2, 0.25) is 0 Å². The Bertz CT molecular complexity index is 1160. The van der Waals surface area contributed by atoms with Crippen LogP contribution in [0.5, 0.6) is 23.0 Å². The molecule has 172 valence electrons. The molecule has 5 nitrogen and oxygen atoms in total. The van der Waals surface area contributed by atoms with Crippen molar-refractivity contribution in [2.45, 2.75) is 24.7 Å². The highest BCUT2D eigenvalue weighted by Gasteiger charge is 2.32. The van der Waals surface area contributed by atoms with E-state index in [0.29, 0.717) is 24.0 Å². The molecule has 0 aliphatic carbocycles. The Morgan fingerprint density at radius 3 is 1.24 bits per heavy atom. The van der Waals surface area contributed by atoms with Gasteiger partial charge >= 0.3 is 0 Å². The minimum Gasteiger partial charge on any atom is -0.508 e. The predicted octanol–water partition coefficient (Wildman–Crippen LogP) is 5.43. The molecule has 0 amide bonds. The molecule has 4 aromatic carbocycles. The number of aromatic hydroxyl groups is 4. The van der Waals surface area contributed by atoms with Gasteiger partial charge in [0.1, 0.15) is 28.8 Å². The Morgan fingerprint density at radius 2 is 0.882 bits per heavy atom.